The smallest absolute Gasteiger partial charge is 0.446 e. The fourth-order valence-electron chi connectivity index (χ4n) is 3.06. The summed E-state index contributed by atoms with van der Waals surface area (Å²) >= 11 is -0.113. The van der Waals surface area contributed by atoms with Crippen LogP contribution in [0.5, 0.6) is 5.75 Å². The molecule has 1 aromatic carbocycles. The minimum Gasteiger partial charge on any atom is -0.496 e. The van der Waals surface area contributed by atoms with Crippen LogP contribution in [0.3, 0.4) is 0 Å². The van der Waals surface area contributed by atoms with Crippen LogP contribution < -0.4 is 10.1 Å². The number of benzene rings is 1. The molecule has 1 aromatic rings. The maximum absolute atomic E-state index is 12.7. The van der Waals surface area contributed by atoms with Gasteiger partial charge in [0, 0.05) is 6.54 Å². The van der Waals surface area contributed by atoms with E-state index < -0.39 is 5.51 Å². The third kappa shape index (κ3) is 7.64. The van der Waals surface area contributed by atoms with Crippen LogP contribution in [0.1, 0.15) is 24.8 Å². The van der Waals surface area contributed by atoms with Crippen molar-refractivity contribution in [3.05, 3.63) is 23.8 Å². The van der Waals surface area contributed by atoms with Gasteiger partial charge in [0.05, 0.1) is 12.0 Å². The predicted octanol–water partition coefficient (Wildman–Crippen LogP) is 4.55. The Bertz CT molecular complexity index is 523. The first kappa shape index (κ1) is 22.4. The molecule has 0 aromatic heterocycles. The van der Waals surface area contributed by atoms with Crippen LogP contribution in [-0.4, -0.2) is 44.2 Å². The van der Waals surface area contributed by atoms with Gasteiger partial charge in [-0.25, -0.2) is 0 Å². The van der Waals surface area contributed by atoms with E-state index in [0.29, 0.717) is 6.54 Å². The Morgan fingerprint density at radius 2 is 1.96 bits per heavy atom. The average molecular weight is 399 g/mol. The van der Waals surface area contributed by atoms with Crippen LogP contribution >= 0.6 is 24.2 Å². The number of rotatable bonds is 7. The Labute approximate surface area is 158 Å². The third-order valence-electron chi connectivity index (χ3n) is 4.37. The van der Waals surface area contributed by atoms with Gasteiger partial charge in [-0.05, 0) is 81.3 Å². The van der Waals surface area contributed by atoms with Gasteiger partial charge in [0.2, 0.25) is 0 Å². The number of thioether (sulfide) groups is 1. The van der Waals surface area contributed by atoms with E-state index in [2.05, 4.69) is 10.2 Å². The van der Waals surface area contributed by atoms with E-state index in [-0.39, 0.29) is 34.8 Å². The Hall–Kier alpha value is -0.630. The summed E-state index contributed by atoms with van der Waals surface area (Å²) in [6.45, 7) is 3.74. The molecule has 2 rings (SSSR count). The minimum atomic E-state index is -4.31. The van der Waals surface area contributed by atoms with Gasteiger partial charge in [-0.15, -0.1) is 12.4 Å². The molecule has 1 heterocycles. The highest BCUT2D eigenvalue weighted by molar-refractivity contribution is 8.00. The third-order valence-corrected chi connectivity index (χ3v) is 5.14. The van der Waals surface area contributed by atoms with Crippen molar-refractivity contribution in [2.45, 2.75) is 36.2 Å². The van der Waals surface area contributed by atoms with Crippen LogP contribution in [0.25, 0.3) is 0 Å². The quantitative estimate of drug-likeness (QED) is 0.681. The average Bonchev–Trinajstić information content (AvgIpc) is 2.53. The van der Waals surface area contributed by atoms with Crippen molar-refractivity contribution in [1.29, 1.82) is 0 Å². The van der Waals surface area contributed by atoms with Crippen molar-refractivity contribution in [2.24, 2.45) is 5.92 Å². The number of nitrogens with zero attached hydrogens (tertiary/aromatic N) is 1. The molecule has 1 aliphatic rings. The summed E-state index contributed by atoms with van der Waals surface area (Å²) in [5, 5.41) is 3.18. The Morgan fingerprint density at radius 1 is 1.28 bits per heavy atom. The molecule has 25 heavy (non-hydrogen) atoms. The first-order chi connectivity index (χ1) is 11.4. The van der Waals surface area contributed by atoms with Crippen LogP contribution in [0, 0.1) is 5.92 Å². The van der Waals surface area contributed by atoms with Crippen LogP contribution in [0.4, 0.5) is 13.2 Å². The highest BCUT2D eigenvalue weighted by Gasteiger charge is 2.31. The summed E-state index contributed by atoms with van der Waals surface area (Å²) < 4.78 is 43.1. The van der Waals surface area contributed by atoms with E-state index in [1.807, 2.05) is 13.1 Å². The molecular formula is C17H26ClF3N2OS. The lowest BCUT2D eigenvalue weighted by molar-refractivity contribution is -0.0328. The molecule has 1 saturated heterocycles. The zero-order valence-electron chi connectivity index (χ0n) is 14.6. The van der Waals surface area contributed by atoms with E-state index in [9.17, 15) is 13.2 Å². The summed E-state index contributed by atoms with van der Waals surface area (Å²) in [5.74, 6) is 1.02. The summed E-state index contributed by atoms with van der Waals surface area (Å²) in [6.07, 6.45) is 3.50. The molecule has 8 heteroatoms. The second kappa shape index (κ2) is 10.5. The maximum atomic E-state index is 12.7. The minimum absolute atomic E-state index is 0. The lowest BCUT2D eigenvalue weighted by atomic mass is 9.93. The predicted molar refractivity (Wildman–Crippen MR) is 98.7 cm³/mol. The molecule has 0 aliphatic carbocycles. The number of halogens is 4. The number of nitrogens with one attached hydrogen (secondary N) is 1. The number of hydrogen-bond donors (Lipinski definition) is 1. The van der Waals surface area contributed by atoms with Gasteiger partial charge < -0.3 is 10.1 Å². The first-order valence-electron chi connectivity index (χ1n) is 8.21. The number of likely N-dealkylation sites (tertiary alicyclic amines) is 1. The van der Waals surface area contributed by atoms with Gasteiger partial charge in [-0.2, -0.15) is 13.2 Å². The number of hydrogen-bond acceptors (Lipinski definition) is 4. The highest BCUT2D eigenvalue weighted by Crippen LogP contribution is 2.41. The van der Waals surface area contributed by atoms with Gasteiger partial charge in [0.15, 0.2) is 0 Å². The van der Waals surface area contributed by atoms with Crippen LogP contribution in [0.15, 0.2) is 23.1 Å². The molecule has 1 fully saturated rings. The molecule has 144 valence electrons. The molecule has 0 bridgehead atoms. The normalized spacial score (nSPS) is 16.5. The van der Waals surface area contributed by atoms with E-state index in [0.717, 1.165) is 44.0 Å². The molecule has 3 nitrogen and oxygen atoms in total. The van der Waals surface area contributed by atoms with Crippen molar-refractivity contribution >= 4 is 24.2 Å². The largest absolute Gasteiger partial charge is 0.496 e. The number of alkyl halides is 3. The SMILES string of the molecule is CNCCC1CCN(Cc2ccc(OC)c(SC(F)(F)F)c2)CC1.Cl. The van der Waals surface area contributed by atoms with Crippen molar-refractivity contribution < 1.29 is 17.9 Å². The Kier molecular flexibility index (Phi) is 9.41. The number of methoxy groups -OCH3 is 1. The molecule has 1 aliphatic heterocycles. The van der Waals surface area contributed by atoms with Crippen molar-refractivity contribution in [3.63, 3.8) is 0 Å². The van der Waals surface area contributed by atoms with Gasteiger partial charge in [0.1, 0.15) is 5.75 Å². The molecule has 1 N–H and O–H groups in total. The first-order valence-corrected chi connectivity index (χ1v) is 9.02. The van der Waals surface area contributed by atoms with E-state index >= 15 is 0 Å². The monoisotopic (exact) mass is 398 g/mol. The van der Waals surface area contributed by atoms with E-state index in [1.54, 1.807) is 12.1 Å². The Balaban J connectivity index is 0.00000312. The zero-order chi connectivity index (χ0) is 17.6. The molecule has 0 saturated carbocycles. The zero-order valence-corrected chi connectivity index (χ0v) is 16.2. The topological polar surface area (TPSA) is 24.5 Å². The summed E-state index contributed by atoms with van der Waals surface area (Å²) in [7, 11) is 3.36. The van der Waals surface area contributed by atoms with Gasteiger partial charge in [-0.3, -0.25) is 4.90 Å². The van der Waals surface area contributed by atoms with E-state index in [4.69, 9.17) is 4.74 Å². The lowest BCUT2D eigenvalue weighted by Crippen LogP contribution is -2.34. The lowest BCUT2D eigenvalue weighted by Gasteiger charge is -2.32. The van der Waals surface area contributed by atoms with Crippen molar-refractivity contribution in [2.75, 3.05) is 33.8 Å². The highest BCUT2D eigenvalue weighted by atomic mass is 35.5. The van der Waals surface area contributed by atoms with Gasteiger partial charge in [0.25, 0.3) is 0 Å². The number of ether oxygens (including phenoxy) is 1. The van der Waals surface area contributed by atoms with Crippen molar-refractivity contribution in [1.82, 2.24) is 10.2 Å². The molecule has 0 atom stereocenters. The van der Waals surface area contributed by atoms with Gasteiger partial charge in [-0.1, -0.05) is 6.07 Å². The molecular weight excluding hydrogens is 373 g/mol. The number of piperidine rings is 1. The Morgan fingerprint density at radius 3 is 2.52 bits per heavy atom. The van der Waals surface area contributed by atoms with Crippen LogP contribution in [0.2, 0.25) is 0 Å². The molecule has 0 unspecified atom stereocenters. The molecule has 0 amide bonds. The second-order valence-corrected chi connectivity index (χ2v) is 7.25. The van der Waals surface area contributed by atoms with Crippen molar-refractivity contribution in [3.8, 4) is 5.75 Å². The summed E-state index contributed by atoms with van der Waals surface area (Å²) in [5.41, 5.74) is -3.41. The van der Waals surface area contributed by atoms with Gasteiger partial charge >= 0.3 is 5.51 Å². The standard InChI is InChI=1S/C17H25F3N2OS.ClH/c1-21-8-5-13-6-9-22(10-7-13)12-14-3-4-15(23-2)16(11-14)24-17(18,19)20;/h3-4,11,13,21H,5-10,12H2,1-2H3;1H. The fourth-order valence-corrected chi connectivity index (χ4v) is 3.78. The summed E-state index contributed by atoms with van der Waals surface area (Å²) in [4.78, 5) is 2.45. The maximum Gasteiger partial charge on any atom is 0.446 e. The fraction of sp³-hybridized carbons (Fsp3) is 0.647. The second-order valence-electron chi connectivity index (χ2n) is 6.14. The van der Waals surface area contributed by atoms with E-state index in [1.165, 1.54) is 13.5 Å². The van der Waals surface area contributed by atoms with Crippen LogP contribution in [-0.2, 0) is 6.54 Å². The molecule has 0 radical (unpaired) electrons. The molecule has 0 spiro atoms. The summed E-state index contributed by atoms with van der Waals surface area (Å²) in [6, 6.07) is 5.08.